The number of rotatable bonds is 4. The Morgan fingerprint density at radius 2 is 2.14 bits per heavy atom. The van der Waals surface area contributed by atoms with E-state index >= 15 is 0 Å². The van der Waals surface area contributed by atoms with Gasteiger partial charge in [-0.3, -0.25) is 10.1 Å². The minimum absolute atomic E-state index is 0.0267. The van der Waals surface area contributed by atoms with Gasteiger partial charge < -0.3 is 10.1 Å². The van der Waals surface area contributed by atoms with Crippen molar-refractivity contribution in [3.63, 3.8) is 0 Å². The van der Waals surface area contributed by atoms with E-state index in [0.29, 0.717) is 31.4 Å². The molecule has 0 aliphatic carbocycles. The van der Waals surface area contributed by atoms with Gasteiger partial charge in [0.15, 0.2) is 5.82 Å². The number of hydrogen-bond acceptors (Lipinski definition) is 4. The fraction of sp³-hybridized carbons (Fsp3) is 0.571. The molecule has 1 N–H and O–H groups in total. The Kier molecular flexibility index (Phi) is 4.72. The quantitative estimate of drug-likeness (QED) is 0.683. The highest BCUT2D eigenvalue weighted by atomic mass is 19.1. The predicted molar refractivity (Wildman–Crippen MR) is 74.2 cm³/mol. The Morgan fingerprint density at radius 1 is 1.43 bits per heavy atom. The maximum Gasteiger partial charge on any atom is 0.298 e. The van der Waals surface area contributed by atoms with Crippen molar-refractivity contribution in [2.24, 2.45) is 5.92 Å². The molecule has 0 spiro atoms. The topological polar surface area (TPSA) is 64.4 Å². The molecule has 116 valence electrons. The second-order valence-corrected chi connectivity index (χ2v) is 5.56. The highest BCUT2D eigenvalue weighted by Crippen LogP contribution is 2.31. The molecule has 1 heterocycles. The summed E-state index contributed by atoms with van der Waals surface area (Å²) in [6.45, 7) is 4.55. The van der Waals surface area contributed by atoms with Crippen LogP contribution in [0.5, 0.6) is 0 Å². The maximum absolute atomic E-state index is 13.8. The molecular formula is C14H18F2N2O3. The molecule has 7 heteroatoms. The Labute approximate surface area is 121 Å². The van der Waals surface area contributed by atoms with E-state index in [1.54, 1.807) is 0 Å². The van der Waals surface area contributed by atoms with Crippen molar-refractivity contribution in [3.8, 4) is 0 Å². The third-order valence-corrected chi connectivity index (χ3v) is 3.64. The summed E-state index contributed by atoms with van der Waals surface area (Å²) in [5, 5.41) is 13.8. The van der Waals surface area contributed by atoms with Gasteiger partial charge in [-0.25, -0.2) is 8.78 Å². The number of nitro benzene ring substituents is 1. The molecule has 1 aromatic rings. The number of nitrogens with zero attached hydrogens (tertiary/aromatic N) is 1. The lowest BCUT2D eigenvalue weighted by molar-refractivity contribution is -0.384. The molecule has 0 amide bonds. The number of halogens is 2. The second kappa shape index (κ2) is 6.34. The monoisotopic (exact) mass is 300 g/mol. The van der Waals surface area contributed by atoms with E-state index in [9.17, 15) is 18.9 Å². The SMILES string of the molecule is CC(C)C1CC(Nc2c(F)cc(F)cc2[N+](=O)[O-])CCO1. The van der Waals surface area contributed by atoms with E-state index in [-0.39, 0.29) is 17.8 Å². The third-order valence-electron chi connectivity index (χ3n) is 3.64. The minimum atomic E-state index is -0.961. The third kappa shape index (κ3) is 3.66. The average molecular weight is 300 g/mol. The van der Waals surface area contributed by atoms with Gasteiger partial charge in [0.25, 0.3) is 5.69 Å². The van der Waals surface area contributed by atoms with Crippen LogP contribution >= 0.6 is 0 Å². The van der Waals surface area contributed by atoms with Crippen molar-refractivity contribution in [1.29, 1.82) is 0 Å². The first-order valence-corrected chi connectivity index (χ1v) is 6.90. The molecular weight excluding hydrogens is 282 g/mol. The summed E-state index contributed by atoms with van der Waals surface area (Å²) in [6, 6.07) is 1.24. The van der Waals surface area contributed by atoms with Crippen LogP contribution in [0.15, 0.2) is 12.1 Å². The van der Waals surface area contributed by atoms with Crippen molar-refractivity contribution in [2.75, 3.05) is 11.9 Å². The Balaban J connectivity index is 2.21. The van der Waals surface area contributed by atoms with E-state index < -0.39 is 22.2 Å². The summed E-state index contributed by atoms with van der Waals surface area (Å²) in [5.74, 6) is -1.60. The van der Waals surface area contributed by atoms with E-state index in [1.165, 1.54) is 0 Å². The lowest BCUT2D eigenvalue weighted by atomic mass is 9.95. The van der Waals surface area contributed by atoms with Gasteiger partial charge >= 0.3 is 0 Å². The summed E-state index contributed by atoms with van der Waals surface area (Å²) in [4.78, 5) is 10.2. The molecule has 0 saturated carbocycles. The highest BCUT2D eigenvalue weighted by molar-refractivity contribution is 5.63. The molecule has 2 atom stereocenters. The largest absolute Gasteiger partial charge is 0.378 e. The van der Waals surface area contributed by atoms with Crippen LogP contribution in [0.1, 0.15) is 26.7 Å². The van der Waals surface area contributed by atoms with Gasteiger partial charge in [-0.1, -0.05) is 13.8 Å². The Morgan fingerprint density at radius 3 is 2.76 bits per heavy atom. The molecule has 1 fully saturated rings. The lowest BCUT2D eigenvalue weighted by Crippen LogP contribution is -2.37. The van der Waals surface area contributed by atoms with Gasteiger partial charge in [0.2, 0.25) is 0 Å². The molecule has 1 aromatic carbocycles. The predicted octanol–water partition coefficient (Wildman–Crippen LogP) is 3.49. The standard InChI is InChI=1S/C14H18F2N2O3/c1-8(2)13-7-10(3-4-21-13)17-14-11(16)5-9(15)6-12(14)18(19)20/h5-6,8,10,13,17H,3-4,7H2,1-2H3. The number of hydrogen-bond donors (Lipinski definition) is 1. The summed E-state index contributed by atoms with van der Waals surface area (Å²) in [7, 11) is 0. The summed E-state index contributed by atoms with van der Waals surface area (Å²) in [6.07, 6.45) is 1.28. The summed E-state index contributed by atoms with van der Waals surface area (Å²) >= 11 is 0. The first-order valence-electron chi connectivity index (χ1n) is 6.90. The molecule has 5 nitrogen and oxygen atoms in total. The van der Waals surface area contributed by atoms with Gasteiger partial charge in [-0.2, -0.15) is 0 Å². The first kappa shape index (κ1) is 15.6. The van der Waals surface area contributed by atoms with E-state index in [4.69, 9.17) is 4.74 Å². The van der Waals surface area contributed by atoms with Gasteiger partial charge in [0, 0.05) is 18.7 Å². The molecule has 1 aliphatic heterocycles. The van der Waals surface area contributed by atoms with Crippen molar-refractivity contribution in [1.82, 2.24) is 0 Å². The van der Waals surface area contributed by atoms with Crippen LogP contribution in [0.3, 0.4) is 0 Å². The number of nitrogens with one attached hydrogen (secondary N) is 1. The van der Waals surface area contributed by atoms with Crippen LogP contribution in [0.4, 0.5) is 20.2 Å². The van der Waals surface area contributed by atoms with Gasteiger partial charge in [-0.05, 0) is 18.8 Å². The molecule has 2 unspecified atom stereocenters. The van der Waals surface area contributed by atoms with Crippen molar-refractivity contribution >= 4 is 11.4 Å². The van der Waals surface area contributed by atoms with Crippen LogP contribution in [0.2, 0.25) is 0 Å². The fourth-order valence-corrected chi connectivity index (χ4v) is 2.47. The molecule has 0 radical (unpaired) electrons. The zero-order valence-corrected chi connectivity index (χ0v) is 11.9. The second-order valence-electron chi connectivity index (χ2n) is 5.56. The first-order chi connectivity index (χ1) is 9.88. The van der Waals surface area contributed by atoms with Crippen molar-refractivity contribution < 1.29 is 18.4 Å². The van der Waals surface area contributed by atoms with Gasteiger partial charge in [-0.15, -0.1) is 0 Å². The number of benzene rings is 1. The number of anilines is 1. The zero-order valence-electron chi connectivity index (χ0n) is 11.9. The molecule has 2 rings (SSSR count). The van der Waals surface area contributed by atoms with Crippen molar-refractivity contribution in [3.05, 3.63) is 33.9 Å². The number of nitro groups is 1. The summed E-state index contributed by atoms with van der Waals surface area (Å²) in [5.41, 5.74) is -0.837. The van der Waals surface area contributed by atoms with Gasteiger partial charge in [0.05, 0.1) is 17.1 Å². The fourth-order valence-electron chi connectivity index (χ4n) is 2.47. The van der Waals surface area contributed by atoms with Crippen LogP contribution in [0.25, 0.3) is 0 Å². The van der Waals surface area contributed by atoms with Gasteiger partial charge in [0.1, 0.15) is 11.5 Å². The van der Waals surface area contributed by atoms with Crippen LogP contribution in [-0.2, 0) is 4.74 Å². The molecule has 0 bridgehead atoms. The zero-order chi connectivity index (χ0) is 15.6. The molecule has 21 heavy (non-hydrogen) atoms. The Hall–Kier alpha value is -1.76. The smallest absolute Gasteiger partial charge is 0.298 e. The van der Waals surface area contributed by atoms with E-state index in [0.717, 1.165) is 6.07 Å². The van der Waals surface area contributed by atoms with Crippen LogP contribution < -0.4 is 5.32 Å². The Bertz CT molecular complexity index is 537. The normalized spacial score (nSPS) is 22.3. The summed E-state index contributed by atoms with van der Waals surface area (Å²) < 4.78 is 32.6. The lowest BCUT2D eigenvalue weighted by Gasteiger charge is -2.32. The van der Waals surface area contributed by atoms with Crippen molar-refractivity contribution in [2.45, 2.75) is 38.8 Å². The minimum Gasteiger partial charge on any atom is -0.378 e. The maximum atomic E-state index is 13.8. The van der Waals surface area contributed by atoms with E-state index in [1.807, 2.05) is 13.8 Å². The molecule has 1 saturated heterocycles. The average Bonchev–Trinajstić information content (AvgIpc) is 2.41. The molecule has 1 aliphatic rings. The molecule has 0 aromatic heterocycles. The number of ether oxygens (including phenoxy) is 1. The highest BCUT2D eigenvalue weighted by Gasteiger charge is 2.28. The van der Waals surface area contributed by atoms with Crippen LogP contribution in [0, 0.1) is 27.7 Å². The van der Waals surface area contributed by atoms with Crippen LogP contribution in [-0.4, -0.2) is 23.7 Å². The van der Waals surface area contributed by atoms with E-state index in [2.05, 4.69) is 5.32 Å².